The van der Waals surface area contributed by atoms with Crippen LogP contribution >= 0.6 is 0 Å². The number of amides is 1. The van der Waals surface area contributed by atoms with Gasteiger partial charge in [-0.3, -0.25) is 9.52 Å². The number of anilines is 1. The molecule has 31 heavy (non-hydrogen) atoms. The Hall–Kier alpha value is -2.39. The molecule has 0 radical (unpaired) electrons. The van der Waals surface area contributed by atoms with E-state index in [1.807, 2.05) is 13.8 Å². The van der Waals surface area contributed by atoms with E-state index in [4.69, 9.17) is 0 Å². The van der Waals surface area contributed by atoms with Gasteiger partial charge in [-0.25, -0.2) is 16.8 Å². The minimum Gasteiger partial charge on any atom is -0.335 e. The summed E-state index contributed by atoms with van der Waals surface area (Å²) < 4.78 is 52.0. The van der Waals surface area contributed by atoms with Crippen LogP contribution in [0, 0.1) is 6.92 Å². The molecule has 1 unspecified atom stereocenters. The zero-order valence-corrected chi connectivity index (χ0v) is 19.4. The van der Waals surface area contributed by atoms with Gasteiger partial charge in [-0.2, -0.15) is 0 Å². The number of carbonyl (C=O) groups is 1. The minimum atomic E-state index is -3.88. The maximum Gasteiger partial charge on any atom is 0.261 e. The summed E-state index contributed by atoms with van der Waals surface area (Å²) in [7, 11) is -7.03. The summed E-state index contributed by atoms with van der Waals surface area (Å²) in [5.41, 5.74) is 1.67. The Balaban J connectivity index is 1.85. The van der Waals surface area contributed by atoms with E-state index in [-0.39, 0.29) is 33.9 Å². The first-order valence-corrected chi connectivity index (χ1v) is 13.6. The topological polar surface area (TPSA) is 101 Å². The molecule has 168 valence electrons. The summed E-state index contributed by atoms with van der Waals surface area (Å²) in [6.45, 7) is 4.35. The number of nitrogens with zero attached hydrogens (tertiary/aromatic N) is 1. The average Bonchev–Trinajstić information content (AvgIpc) is 3.09. The first kappa shape index (κ1) is 23.3. The van der Waals surface area contributed by atoms with Crippen LogP contribution in [0.15, 0.2) is 53.4 Å². The Bertz CT molecular complexity index is 1140. The number of hydrogen-bond acceptors (Lipinski definition) is 5. The predicted molar refractivity (Wildman–Crippen MR) is 121 cm³/mol. The van der Waals surface area contributed by atoms with Crippen molar-refractivity contribution in [3.8, 4) is 0 Å². The van der Waals surface area contributed by atoms with E-state index in [1.165, 1.54) is 18.2 Å². The molecule has 0 saturated carbocycles. The van der Waals surface area contributed by atoms with Crippen molar-refractivity contribution in [3.05, 3.63) is 59.7 Å². The van der Waals surface area contributed by atoms with Crippen LogP contribution in [-0.4, -0.2) is 51.7 Å². The van der Waals surface area contributed by atoms with Crippen molar-refractivity contribution in [1.82, 2.24) is 4.90 Å². The van der Waals surface area contributed by atoms with Crippen LogP contribution in [0.1, 0.15) is 42.1 Å². The standard InChI is InChI=1S/C22H28N2O5S2/c1-3-4-13-24(20-12-14-30(26,27)16-20)22(25)18-6-5-7-21(15-18)31(28,29)23-19-10-8-17(2)9-11-19/h5-11,15,20,23H,3-4,12-14,16H2,1-2H3. The molecule has 1 saturated heterocycles. The maximum absolute atomic E-state index is 13.2. The maximum atomic E-state index is 13.2. The third kappa shape index (κ3) is 5.86. The highest BCUT2D eigenvalue weighted by atomic mass is 32.2. The first-order chi connectivity index (χ1) is 14.6. The average molecular weight is 465 g/mol. The van der Waals surface area contributed by atoms with E-state index in [9.17, 15) is 21.6 Å². The van der Waals surface area contributed by atoms with Crippen LogP contribution in [-0.2, 0) is 19.9 Å². The summed E-state index contributed by atoms with van der Waals surface area (Å²) in [5, 5.41) is 0. The van der Waals surface area contributed by atoms with Crippen LogP contribution in [0.5, 0.6) is 0 Å². The zero-order valence-electron chi connectivity index (χ0n) is 17.7. The van der Waals surface area contributed by atoms with Crippen LogP contribution < -0.4 is 4.72 Å². The zero-order chi connectivity index (χ0) is 22.6. The summed E-state index contributed by atoms with van der Waals surface area (Å²) >= 11 is 0. The van der Waals surface area contributed by atoms with Gasteiger partial charge in [-0.05, 0) is 50.1 Å². The number of sulfone groups is 1. The van der Waals surface area contributed by atoms with Crippen molar-refractivity contribution in [2.45, 2.75) is 44.0 Å². The van der Waals surface area contributed by atoms with Gasteiger partial charge in [0.25, 0.3) is 15.9 Å². The van der Waals surface area contributed by atoms with Gasteiger partial charge < -0.3 is 4.90 Å². The lowest BCUT2D eigenvalue weighted by Crippen LogP contribution is -2.41. The summed E-state index contributed by atoms with van der Waals surface area (Å²) in [4.78, 5) is 14.8. The molecule has 3 rings (SSSR count). The number of nitrogens with one attached hydrogen (secondary N) is 1. The fraction of sp³-hybridized carbons (Fsp3) is 0.409. The Morgan fingerprint density at radius 3 is 2.48 bits per heavy atom. The van der Waals surface area contributed by atoms with Crippen molar-refractivity contribution >= 4 is 31.5 Å². The summed E-state index contributed by atoms with van der Waals surface area (Å²) in [6, 6.07) is 12.5. The Labute approximate surface area is 184 Å². The second kappa shape index (κ2) is 9.40. The molecule has 0 bridgehead atoms. The van der Waals surface area contributed by atoms with E-state index in [0.29, 0.717) is 18.7 Å². The molecule has 1 aliphatic heterocycles. The highest BCUT2D eigenvalue weighted by Crippen LogP contribution is 2.23. The lowest BCUT2D eigenvalue weighted by Gasteiger charge is -2.28. The molecule has 1 amide bonds. The molecule has 0 aromatic heterocycles. The molecular formula is C22H28N2O5S2. The Morgan fingerprint density at radius 2 is 1.87 bits per heavy atom. The van der Waals surface area contributed by atoms with E-state index >= 15 is 0 Å². The third-order valence-electron chi connectivity index (χ3n) is 5.36. The highest BCUT2D eigenvalue weighted by Gasteiger charge is 2.35. The van der Waals surface area contributed by atoms with Gasteiger partial charge in [-0.15, -0.1) is 0 Å². The molecule has 1 atom stereocenters. The lowest BCUT2D eigenvalue weighted by molar-refractivity contribution is 0.0694. The number of carbonyl (C=O) groups excluding carboxylic acids is 1. The van der Waals surface area contributed by atoms with Crippen molar-refractivity contribution in [2.75, 3.05) is 22.8 Å². The third-order valence-corrected chi connectivity index (χ3v) is 8.49. The Kier molecular flexibility index (Phi) is 7.06. The van der Waals surface area contributed by atoms with E-state index < -0.39 is 19.9 Å². The molecule has 1 fully saturated rings. The van der Waals surface area contributed by atoms with E-state index in [0.717, 1.165) is 18.4 Å². The van der Waals surface area contributed by atoms with Crippen molar-refractivity contribution in [2.24, 2.45) is 0 Å². The van der Waals surface area contributed by atoms with Crippen LogP contribution in [0.25, 0.3) is 0 Å². The van der Waals surface area contributed by atoms with Gasteiger partial charge in [0.15, 0.2) is 9.84 Å². The number of aryl methyl sites for hydroxylation is 1. The number of unbranched alkanes of at least 4 members (excludes halogenated alkanes) is 1. The molecule has 1 heterocycles. The molecule has 2 aromatic rings. The quantitative estimate of drug-likeness (QED) is 0.646. The molecule has 0 spiro atoms. The first-order valence-electron chi connectivity index (χ1n) is 10.3. The molecule has 2 aromatic carbocycles. The van der Waals surface area contributed by atoms with Gasteiger partial charge in [0, 0.05) is 23.8 Å². The fourth-order valence-corrected chi connectivity index (χ4v) is 6.43. The SMILES string of the molecule is CCCCN(C(=O)c1cccc(S(=O)(=O)Nc2ccc(C)cc2)c1)C1CCS(=O)(=O)C1. The Morgan fingerprint density at radius 1 is 1.16 bits per heavy atom. The largest absolute Gasteiger partial charge is 0.335 e. The van der Waals surface area contributed by atoms with Crippen molar-refractivity contribution < 1.29 is 21.6 Å². The number of hydrogen-bond donors (Lipinski definition) is 1. The normalized spacial score (nSPS) is 17.9. The van der Waals surface area contributed by atoms with Gasteiger partial charge in [-0.1, -0.05) is 37.1 Å². The van der Waals surface area contributed by atoms with Crippen molar-refractivity contribution in [1.29, 1.82) is 0 Å². The molecule has 9 heteroatoms. The number of benzene rings is 2. The molecule has 1 N–H and O–H groups in total. The molecule has 1 aliphatic rings. The molecular weight excluding hydrogens is 436 g/mol. The molecule has 7 nitrogen and oxygen atoms in total. The summed E-state index contributed by atoms with van der Waals surface area (Å²) in [5.74, 6) is -0.319. The van der Waals surface area contributed by atoms with Gasteiger partial charge >= 0.3 is 0 Å². The van der Waals surface area contributed by atoms with Gasteiger partial charge in [0.2, 0.25) is 0 Å². The minimum absolute atomic E-state index is 0.0200. The predicted octanol–water partition coefficient (Wildman–Crippen LogP) is 3.23. The second-order valence-corrected chi connectivity index (χ2v) is 11.8. The van der Waals surface area contributed by atoms with Gasteiger partial charge in [0.1, 0.15) is 0 Å². The van der Waals surface area contributed by atoms with Crippen molar-refractivity contribution in [3.63, 3.8) is 0 Å². The van der Waals surface area contributed by atoms with Crippen LogP contribution in [0.4, 0.5) is 5.69 Å². The molecule has 0 aliphatic carbocycles. The number of sulfonamides is 1. The smallest absolute Gasteiger partial charge is 0.261 e. The summed E-state index contributed by atoms with van der Waals surface area (Å²) in [6.07, 6.45) is 2.01. The van der Waals surface area contributed by atoms with Gasteiger partial charge in [0.05, 0.1) is 16.4 Å². The van der Waals surface area contributed by atoms with E-state index in [2.05, 4.69) is 4.72 Å². The monoisotopic (exact) mass is 464 g/mol. The van der Waals surface area contributed by atoms with E-state index in [1.54, 1.807) is 35.2 Å². The number of rotatable bonds is 8. The van der Waals surface area contributed by atoms with Crippen LogP contribution in [0.3, 0.4) is 0 Å². The highest BCUT2D eigenvalue weighted by molar-refractivity contribution is 7.92. The fourth-order valence-electron chi connectivity index (χ4n) is 3.60. The van der Waals surface area contributed by atoms with Crippen LogP contribution in [0.2, 0.25) is 0 Å². The lowest BCUT2D eigenvalue weighted by atomic mass is 10.1. The second-order valence-electron chi connectivity index (χ2n) is 7.91.